The normalized spacial score (nSPS) is 24.4. The zero-order valence-electron chi connectivity index (χ0n) is 13.6. The Bertz CT molecular complexity index is 863. The molecule has 0 unspecified atom stereocenters. The van der Waals surface area contributed by atoms with Crippen molar-refractivity contribution in [3.63, 3.8) is 0 Å². The standard InChI is InChI=1S/C18H18N4O3/c23-15-8-14(19-15)17(24)20-13-6-4-10-7-11(3-5-12(10)13)16-21-18(25-22-16)9-1-2-9/h3,5,7,9,13-14H,1-2,4,6,8H2,(H,19,23)(H,20,24)/t13-,14+/m1/s1. The Morgan fingerprint density at radius 1 is 1.28 bits per heavy atom. The van der Waals surface area contributed by atoms with Crippen LogP contribution in [0.5, 0.6) is 0 Å². The van der Waals surface area contributed by atoms with Crippen molar-refractivity contribution in [1.29, 1.82) is 0 Å². The first-order valence-corrected chi connectivity index (χ1v) is 8.74. The molecule has 0 spiro atoms. The number of aryl methyl sites for hydroxylation is 1. The van der Waals surface area contributed by atoms with Gasteiger partial charge in [-0.05, 0) is 42.9 Å². The van der Waals surface area contributed by atoms with E-state index in [2.05, 4.69) is 26.8 Å². The van der Waals surface area contributed by atoms with E-state index in [0.717, 1.165) is 42.7 Å². The molecular formula is C18H18N4O3. The van der Waals surface area contributed by atoms with Gasteiger partial charge in [0.15, 0.2) is 0 Å². The number of nitrogens with one attached hydrogen (secondary N) is 2. The molecule has 2 fully saturated rings. The molecule has 1 aromatic heterocycles. The summed E-state index contributed by atoms with van der Waals surface area (Å²) in [6, 6.07) is 5.73. The molecule has 2 heterocycles. The molecule has 3 aliphatic rings. The first-order chi connectivity index (χ1) is 12.2. The smallest absolute Gasteiger partial charge is 0.243 e. The lowest BCUT2D eigenvalue weighted by molar-refractivity contribution is -0.137. The molecule has 1 saturated heterocycles. The highest BCUT2D eigenvalue weighted by Gasteiger charge is 2.34. The number of carbonyl (C=O) groups is 2. The van der Waals surface area contributed by atoms with E-state index in [1.165, 1.54) is 5.56 Å². The van der Waals surface area contributed by atoms with Gasteiger partial charge in [0.05, 0.1) is 12.5 Å². The molecule has 7 nitrogen and oxygen atoms in total. The van der Waals surface area contributed by atoms with Crippen LogP contribution in [0.3, 0.4) is 0 Å². The van der Waals surface area contributed by atoms with E-state index in [4.69, 9.17) is 4.52 Å². The van der Waals surface area contributed by atoms with Crippen molar-refractivity contribution >= 4 is 11.8 Å². The lowest BCUT2D eigenvalue weighted by Gasteiger charge is -2.27. The number of β-lactam (4-membered cyclic amide) rings is 1. The summed E-state index contributed by atoms with van der Waals surface area (Å²) in [6.07, 6.45) is 4.32. The van der Waals surface area contributed by atoms with Crippen molar-refractivity contribution in [1.82, 2.24) is 20.8 Å². The number of hydrogen-bond donors (Lipinski definition) is 2. The predicted molar refractivity (Wildman–Crippen MR) is 87.5 cm³/mol. The maximum Gasteiger partial charge on any atom is 0.243 e. The van der Waals surface area contributed by atoms with Crippen LogP contribution in [0.2, 0.25) is 0 Å². The third-order valence-electron chi connectivity index (χ3n) is 5.20. The highest BCUT2D eigenvalue weighted by atomic mass is 16.5. The van der Waals surface area contributed by atoms with Gasteiger partial charge in [-0.15, -0.1) is 0 Å². The van der Waals surface area contributed by atoms with E-state index in [1.807, 2.05) is 12.1 Å². The molecule has 2 N–H and O–H groups in total. The Hall–Kier alpha value is -2.70. The maximum atomic E-state index is 12.1. The van der Waals surface area contributed by atoms with E-state index in [9.17, 15) is 9.59 Å². The second kappa shape index (κ2) is 5.40. The van der Waals surface area contributed by atoms with Gasteiger partial charge < -0.3 is 15.2 Å². The van der Waals surface area contributed by atoms with Crippen LogP contribution in [-0.4, -0.2) is 28.0 Å². The number of rotatable bonds is 4. The second-order valence-corrected chi connectivity index (χ2v) is 7.07. The van der Waals surface area contributed by atoms with E-state index in [1.54, 1.807) is 0 Å². The lowest BCUT2D eigenvalue weighted by atomic mass is 10.0. The first kappa shape index (κ1) is 14.6. The summed E-state index contributed by atoms with van der Waals surface area (Å²) in [5, 5.41) is 9.74. The molecule has 2 aliphatic carbocycles. The fourth-order valence-electron chi connectivity index (χ4n) is 3.54. The maximum absolute atomic E-state index is 12.1. The summed E-state index contributed by atoms with van der Waals surface area (Å²) in [5.41, 5.74) is 3.29. The van der Waals surface area contributed by atoms with Crippen LogP contribution in [0.1, 0.15) is 54.7 Å². The van der Waals surface area contributed by atoms with Crippen LogP contribution >= 0.6 is 0 Å². The van der Waals surface area contributed by atoms with Crippen LogP contribution in [-0.2, 0) is 16.0 Å². The monoisotopic (exact) mass is 338 g/mol. The molecule has 0 radical (unpaired) electrons. The first-order valence-electron chi connectivity index (χ1n) is 8.74. The Kier molecular flexibility index (Phi) is 3.16. The molecule has 7 heteroatoms. The molecule has 0 bridgehead atoms. The minimum atomic E-state index is -0.379. The van der Waals surface area contributed by atoms with Gasteiger partial charge in [-0.3, -0.25) is 9.59 Å². The highest BCUT2D eigenvalue weighted by Crippen LogP contribution is 2.40. The van der Waals surface area contributed by atoms with E-state index in [-0.39, 0.29) is 30.3 Å². The van der Waals surface area contributed by atoms with Crippen molar-refractivity contribution < 1.29 is 14.1 Å². The van der Waals surface area contributed by atoms with E-state index < -0.39 is 0 Å². The van der Waals surface area contributed by atoms with Gasteiger partial charge in [0.2, 0.25) is 23.5 Å². The Morgan fingerprint density at radius 2 is 2.12 bits per heavy atom. The average molecular weight is 338 g/mol. The quantitative estimate of drug-likeness (QED) is 0.826. The highest BCUT2D eigenvalue weighted by molar-refractivity contribution is 5.97. The molecule has 2 amide bonds. The second-order valence-electron chi connectivity index (χ2n) is 7.07. The summed E-state index contributed by atoms with van der Waals surface area (Å²) in [6.45, 7) is 0. The number of amides is 2. The summed E-state index contributed by atoms with van der Waals surface area (Å²) >= 11 is 0. The Labute approximate surface area is 144 Å². The molecule has 1 saturated carbocycles. The summed E-state index contributed by atoms with van der Waals surface area (Å²) in [7, 11) is 0. The summed E-state index contributed by atoms with van der Waals surface area (Å²) < 4.78 is 5.34. The van der Waals surface area contributed by atoms with Crippen LogP contribution in [0.4, 0.5) is 0 Å². The fourth-order valence-corrected chi connectivity index (χ4v) is 3.54. The van der Waals surface area contributed by atoms with E-state index >= 15 is 0 Å². The molecule has 2 atom stereocenters. The molecule has 25 heavy (non-hydrogen) atoms. The predicted octanol–water partition coefficient (Wildman–Crippen LogP) is 1.61. The minimum absolute atomic E-state index is 0.00125. The fraction of sp³-hybridized carbons (Fsp3) is 0.444. The largest absolute Gasteiger partial charge is 0.347 e. The SMILES string of the molecule is O=C1C[C@@H](C(=O)N[C@@H]2CCc3cc(-c4noc(C5CC5)n4)ccc32)N1. The molecule has 5 rings (SSSR count). The number of fused-ring (bicyclic) bond motifs is 1. The van der Waals surface area contributed by atoms with Crippen molar-refractivity contribution in [2.75, 3.05) is 0 Å². The minimum Gasteiger partial charge on any atom is -0.347 e. The van der Waals surface area contributed by atoms with Crippen molar-refractivity contribution in [2.45, 2.75) is 50.1 Å². The van der Waals surface area contributed by atoms with Crippen molar-refractivity contribution in [2.24, 2.45) is 0 Å². The average Bonchev–Trinajstić information content (AvgIpc) is 3.18. The van der Waals surface area contributed by atoms with Gasteiger partial charge >= 0.3 is 0 Å². The number of benzene rings is 1. The third-order valence-corrected chi connectivity index (χ3v) is 5.20. The molecule has 1 aromatic carbocycles. The van der Waals surface area contributed by atoms with E-state index in [0.29, 0.717) is 11.7 Å². The van der Waals surface area contributed by atoms with Gasteiger partial charge in [-0.1, -0.05) is 17.3 Å². The van der Waals surface area contributed by atoms with Crippen LogP contribution < -0.4 is 10.6 Å². The van der Waals surface area contributed by atoms with Gasteiger partial charge in [0.1, 0.15) is 6.04 Å². The van der Waals surface area contributed by atoms with Gasteiger partial charge in [0.25, 0.3) is 0 Å². The number of aromatic nitrogens is 2. The van der Waals surface area contributed by atoms with Gasteiger partial charge in [-0.2, -0.15) is 4.98 Å². The van der Waals surface area contributed by atoms with Crippen LogP contribution in [0.15, 0.2) is 22.7 Å². The Balaban J connectivity index is 1.32. The van der Waals surface area contributed by atoms with Crippen LogP contribution in [0, 0.1) is 0 Å². The summed E-state index contributed by atoms with van der Waals surface area (Å²) in [4.78, 5) is 27.6. The Morgan fingerprint density at radius 3 is 2.88 bits per heavy atom. The van der Waals surface area contributed by atoms with Crippen LogP contribution in [0.25, 0.3) is 11.4 Å². The van der Waals surface area contributed by atoms with Gasteiger partial charge in [0, 0.05) is 11.5 Å². The molecule has 2 aromatic rings. The van der Waals surface area contributed by atoms with Gasteiger partial charge in [-0.25, -0.2) is 0 Å². The zero-order valence-corrected chi connectivity index (χ0v) is 13.6. The van der Waals surface area contributed by atoms with Crippen molar-refractivity contribution in [3.8, 4) is 11.4 Å². The summed E-state index contributed by atoms with van der Waals surface area (Å²) in [5.74, 6) is 1.65. The molecular weight excluding hydrogens is 320 g/mol. The van der Waals surface area contributed by atoms with Crippen molar-refractivity contribution in [3.05, 3.63) is 35.2 Å². The number of nitrogens with zero attached hydrogens (tertiary/aromatic N) is 2. The number of hydrogen-bond acceptors (Lipinski definition) is 5. The molecule has 1 aliphatic heterocycles. The zero-order chi connectivity index (χ0) is 17.0. The lowest BCUT2D eigenvalue weighted by Crippen LogP contribution is -2.57. The topological polar surface area (TPSA) is 97.1 Å². The third kappa shape index (κ3) is 2.59. The number of carbonyl (C=O) groups excluding carboxylic acids is 2. The molecule has 128 valence electrons.